The molecule has 0 atom stereocenters. The molecule has 0 saturated carbocycles. The van der Waals surface area contributed by atoms with Crippen molar-refractivity contribution in [2.45, 2.75) is 6.42 Å². The van der Waals surface area contributed by atoms with Crippen LogP contribution in [-0.4, -0.2) is 22.7 Å². The third-order valence-corrected chi connectivity index (χ3v) is 3.89. The molecule has 0 unspecified atom stereocenters. The molecule has 3 rings (SSSR count). The van der Waals surface area contributed by atoms with E-state index in [9.17, 15) is 4.79 Å². The molecule has 0 aliphatic rings. The van der Waals surface area contributed by atoms with Crippen molar-refractivity contribution in [1.29, 1.82) is 0 Å². The normalized spacial score (nSPS) is 10.8. The second-order valence-electron chi connectivity index (χ2n) is 5.63. The summed E-state index contributed by atoms with van der Waals surface area (Å²) < 4.78 is 5.11. The summed E-state index contributed by atoms with van der Waals surface area (Å²) in [5.41, 5.74) is 3.95. The number of nitrogens with zero attached hydrogens (tertiary/aromatic N) is 1. The first-order chi connectivity index (χ1) is 12.7. The highest BCUT2D eigenvalue weighted by atomic mass is 35.5. The van der Waals surface area contributed by atoms with Gasteiger partial charge in [0, 0.05) is 29.0 Å². The van der Waals surface area contributed by atoms with Gasteiger partial charge in [-0.05, 0) is 41.5 Å². The highest BCUT2D eigenvalue weighted by molar-refractivity contribution is 6.30. The van der Waals surface area contributed by atoms with Gasteiger partial charge in [-0.1, -0.05) is 41.9 Å². The van der Waals surface area contributed by atoms with Gasteiger partial charge < -0.3 is 9.72 Å². The Kier molecular flexibility index (Phi) is 6.06. The van der Waals surface area contributed by atoms with Crippen LogP contribution >= 0.6 is 11.6 Å². The van der Waals surface area contributed by atoms with E-state index in [0.717, 1.165) is 17.7 Å². The number of aromatic nitrogens is 2. The van der Waals surface area contributed by atoms with Gasteiger partial charge >= 0.3 is 6.09 Å². The first-order valence-corrected chi connectivity index (χ1v) is 8.49. The number of anilines is 1. The largest absolute Gasteiger partial charge is 0.445 e. The van der Waals surface area contributed by atoms with E-state index in [4.69, 9.17) is 16.3 Å². The summed E-state index contributed by atoms with van der Waals surface area (Å²) in [5.74, 6) is 0. The van der Waals surface area contributed by atoms with Crippen molar-refractivity contribution in [3.63, 3.8) is 0 Å². The van der Waals surface area contributed by atoms with E-state index >= 15 is 0 Å². The second kappa shape index (κ2) is 8.87. The Morgan fingerprint density at radius 2 is 1.92 bits per heavy atom. The number of benzene rings is 2. The molecule has 2 N–H and O–H groups in total. The summed E-state index contributed by atoms with van der Waals surface area (Å²) in [7, 11) is 0. The van der Waals surface area contributed by atoms with E-state index in [2.05, 4.69) is 27.4 Å². The number of rotatable bonds is 6. The van der Waals surface area contributed by atoms with Gasteiger partial charge in [0.1, 0.15) is 6.61 Å². The number of aromatic amines is 1. The van der Waals surface area contributed by atoms with Gasteiger partial charge in [-0.3, -0.25) is 5.32 Å². The zero-order valence-electron chi connectivity index (χ0n) is 14.0. The molecular weight excluding hydrogens is 350 g/mol. The maximum atomic E-state index is 11.7. The highest BCUT2D eigenvalue weighted by Crippen LogP contribution is 2.13. The lowest BCUT2D eigenvalue weighted by Crippen LogP contribution is -2.13. The van der Waals surface area contributed by atoms with Crippen molar-refractivity contribution in [2.24, 2.45) is 0 Å². The molecular formula is C20H18ClN3O2. The summed E-state index contributed by atoms with van der Waals surface area (Å²) in [5, 5.41) is 3.25. The fourth-order valence-corrected chi connectivity index (χ4v) is 2.47. The van der Waals surface area contributed by atoms with Gasteiger partial charge in [-0.25, -0.2) is 9.78 Å². The number of hydrogen-bond donors (Lipinski definition) is 2. The van der Waals surface area contributed by atoms with Gasteiger partial charge in [-0.2, -0.15) is 0 Å². The van der Waals surface area contributed by atoms with E-state index in [1.807, 2.05) is 24.4 Å². The quantitative estimate of drug-likeness (QED) is 0.650. The van der Waals surface area contributed by atoms with Gasteiger partial charge in [0.2, 0.25) is 0 Å². The van der Waals surface area contributed by atoms with Crippen LogP contribution < -0.4 is 5.32 Å². The molecule has 0 aliphatic carbocycles. The summed E-state index contributed by atoms with van der Waals surface area (Å²) >= 11 is 5.80. The number of halogens is 1. The third-order valence-electron chi connectivity index (χ3n) is 3.64. The van der Waals surface area contributed by atoms with Crippen molar-refractivity contribution in [3.8, 4) is 0 Å². The predicted molar refractivity (Wildman–Crippen MR) is 103 cm³/mol. The minimum absolute atomic E-state index is 0.190. The average molecular weight is 368 g/mol. The second-order valence-corrected chi connectivity index (χ2v) is 6.06. The van der Waals surface area contributed by atoms with Crippen molar-refractivity contribution in [1.82, 2.24) is 9.97 Å². The molecule has 0 bridgehead atoms. The first-order valence-electron chi connectivity index (χ1n) is 8.11. The fraction of sp³-hybridized carbons (Fsp3) is 0.100. The van der Waals surface area contributed by atoms with Crippen LogP contribution in [0.3, 0.4) is 0 Å². The van der Waals surface area contributed by atoms with Crippen LogP contribution in [0.25, 0.3) is 6.08 Å². The van der Waals surface area contributed by atoms with Crippen molar-refractivity contribution >= 4 is 29.5 Å². The fourth-order valence-electron chi connectivity index (χ4n) is 2.34. The Bertz CT molecular complexity index is 857. The van der Waals surface area contributed by atoms with Crippen LogP contribution in [0.15, 0.2) is 67.1 Å². The SMILES string of the molecule is O=C(Nc1ccc(Cl)cc1)OC/C=C/c1ccc(Cc2cnc[nH]2)cc1. The molecule has 2 aromatic carbocycles. The Morgan fingerprint density at radius 1 is 1.15 bits per heavy atom. The van der Waals surface area contributed by atoms with E-state index in [1.165, 1.54) is 5.56 Å². The van der Waals surface area contributed by atoms with Crippen molar-refractivity contribution in [3.05, 3.63) is 89.0 Å². The summed E-state index contributed by atoms with van der Waals surface area (Å²) in [6, 6.07) is 15.0. The van der Waals surface area contributed by atoms with Gasteiger partial charge in [0.25, 0.3) is 0 Å². The number of hydrogen-bond acceptors (Lipinski definition) is 3. The Balaban J connectivity index is 1.43. The lowest BCUT2D eigenvalue weighted by Gasteiger charge is -2.05. The van der Waals surface area contributed by atoms with Gasteiger partial charge in [-0.15, -0.1) is 0 Å². The van der Waals surface area contributed by atoms with Gasteiger partial charge in [0.15, 0.2) is 0 Å². The molecule has 6 heteroatoms. The summed E-state index contributed by atoms with van der Waals surface area (Å²) in [6.07, 6.45) is 7.51. The molecule has 1 aromatic heterocycles. The minimum atomic E-state index is -0.508. The first kappa shape index (κ1) is 17.8. The number of nitrogens with one attached hydrogen (secondary N) is 2. The number of H-pyrrole nitrogens is 1. The number of carbonyl (C=O) groups excluding carboxylic acids is 1. The zero-order chi connectivity index (χ0) is 18.2. The maximum Gasteiger partial charge on any atom is 0.411 e. The Morgan fingerprint density at radius 3 is 2.62 bits per heavy atom. The standard InChI is InChI=1S/C20H18ClN3O2/c21-17-7-9-18(10-8-17)24-20(25)26-11-1-2-15-3-5-16(6-4-15)12-19-13-22-14-23-19/h1-10,13-14H,11-12H2,(H,22,23)(H,24,25)/b2-1+. The van der Waals surface area contributed by atoms with E-state index in [1.54, 1.807) is 36.7 Å². The molecule has 1 heterocycles. The average Bonchev–Trinajstić information content (AvgIpc) is 3.15. The molecule has 0 aliphatic heterocycles. The topological polar surface area (TPSA) is 67.0 Å². The minimum Gasteiger partial charge on any atom is -0.445 e. The Labute approximate surface area is 156 Å². The molecule has 0 fully saturated rings. The molecule has 132 valence electrons. The predicted octanol–water partition coefficient (Wildman–Crippen LogP) is 4.92. The van der Waals surface area contributed by atoms with Crippen LogP contribution in [0.4, 0.5) is 10.5 Å². The van der Waals surface area contributed by atoms with E-state index in [-0.39, 0.29) is 6.61 Å². The van der Waals surface area contributed by atoms with Crippen LogP contribution in [0.5, 0.6) is 0 Å². The third kappa shape index (κ3) is 5.50. The van der Waals surface area contributed by atoms with Crippen LogP contribution in [0.1, 0.15) is 16.8 Å². The Hall–Kier alpha value is -3.05. The maximum absolute atomic E-state index is 11.7. The lowest BCUT2D eigenvalue weighted by molar-refractivity contribution is 0.174. The smallest absolute Gasteiger partial charge is 0.411 e. The molecule has 5 nitrogen and oxygen atoms in total. The number of amides is 1. The van der Waals surface area contributed by atoms with E-state index in [0.29, 0.717) is 10.7 Å². The van der Waals surface area contributed by atoms with E-state index < -0.39 is 6.09 Å². The van der Waals surface area contributed by atoms with Crippen molar-refractivity contribution < 1.29 is 9.53 Å². The summed E-state index contributed by atoms with van der Waals surface area (Å²) in [6.45, 7) is 0.190. The lowest BCUT2D eigenvalue weighted by atomic mass is 10.1. The summed E-state index contributed by atoms with van der Waals surface area (Å²) in [4.78, 5) is 18.8. The molecule has 1 amide bonds. The van der Waals surface area contributed by atoms with Crippen molar-refractivity contribution in [2.75, 3.05) is 11.9 Å². The monoisotopic (exact) mass is 367 g/mol. The molecule has 0 saturated heterocycles. The molecule has 26 heavy (non-hydrogen) atoms. The van der Waals surface area contributed by atoms with Crippen LogP contribution in [0, 0.1) is 0 Å². The van der Waals surface area contributed by atoms with Crippen LogP contribution in [-0.2, 0) is 11.2 Å². The van der Waals surface area contributed by atoms with Gasteiger partial charge in [0.05, 0.1) is 6.33 Å². The molecule has 0 radical (unpaired) electrons. The number of imidazole rings is 1. The zero-order valence-corrected chi connectivity index (χ0v) is 14.7. The van der Waals surface area contributed by atoms with Crippen LogP contribution in [0.2, 0.25) is 5.02 Å². The molecule has 0 spiro atoms. The molecule has 3 aromatic rings. The highest BCUT2D eigenvalue weighted by Gasteiger charge is 2.01. The number of ether oxygens (including phenoxy) is 1. The number of carbonyl (C=O) groups is 1.